The summed E-state index contributed by atoms with van der Waals surface area (Å²) in [7, 11) is 7.86. The maximum Gasteiger partial charge on any atom is 0.306 e. The maximum absolute atomic E-state index is 12.7. The Morgan fingerprint density at radius 1 is 0.327 bits per heavy atom. The topological polar surface area (TPSA) is 155 Å². The van der Waals surface area contributed by atoms with Gasteiger partial charge in [-0.3, -0.25) is 19.2 Å². The lowest BCUT2D eigenvalue weighted by atomic mass is 10.0. The number of hydrogen-bond acceptors (Lipinski definition) is 14. The van der Waals surface area contributed by atoms with Crippen molar-refractivity contribution in [2.45, 2.75) is 397 Å². The molecule has 0 spiro atoms. The predicted octanol–water partition coefficient (Wildman–Crippen LogP) is 29.8. The van der Waals surface area contributed by atoms with Gasteiger partial charge in [-0.25, -0.2) is 0 Å². The monoisotopic (exact) mass is 1650 g/mol. The normalized spacial score (nSPS) is 15.4. The Labute approximate surface area is 709 Å². The molecule has 0 saturated carbocycles. The van der Waals surface area contributed by atoms with Crippen LogP contribution >= 0.6 is 43.2 Å². The Hall–Kier alpha value is -3.96. The van der Waals surface area contributed by atoms with Crippen LogP contribution in [-0.4, -0.2) is 108 Å². The standard InChI is InChI=1S/C49H82O5S2.C41H70O4.C8H14O2S2/c1-3-5-7-9-11-13-15-17-19-20-21-22-23-24-26-28-30-32-34-40-49(51)54-46(45-53-48(50)39-36-35-38-47-41-43-55-56-47)44-52-42-37-33-31-29-27-25-18-16-14-12-10-8-6-4-2;1-3-5-7-9-11-13-15-17-19-20-21-22-23-24-26-28-30-32-34-36-41(43)45-40(38-42)39-44-37-35-33-31-29-27-25-18-16-14-12-10-8-6-4-2;9-8(10)4-2-1-3-7-5-6-11-12-7/h5,7,11,13,17,19,21-22,24,26,30,32,46-47H,3-4,6,8-10,12,14-16,18,20,23,25,27-29,31,33-45H2,1-2H3;5,7,11,13,17,19,21-22,24,26,30,32,40,42H,3-4,6,8-10,12,14-16,18,20,23,25,27-29,31,33-39H2,1-2H3;7H,1-6H2,(H,9,10)/b2*7-5-,13-11-,19-17-,22-21-,26-24-,32-30-;/t46?,47-;;7-/m1.1/s1. The second-order valence-corrected chi connectivity index (χ2v) is 35.5. The van der Waals surface area contributed by atoms with Gasteiger partial charge in [-0.05, 0) is 141 Å². The lowest BCUT2D eigenvalue weighted by Crippen LogP contribution is -2.30. The van der Waals surface area contributed by atoms with Gasteiger partial charge in [-0.2, -0.15) is 0 Å². The number of allylic oxidation sites excluding steroid dienone is 24. The number of carboxylic acid groups (broad SMARTS) is 1. The summed E-state index contributed by atoms with van der Waals surface area (Å²) >= 11 is 0. The Morgan fingerprint density at radius 3 is 0.920 bits per heavy atom. The number of carbonyl (C=O) groups excluding carboxylic acids is 3. The molecule has 4 atom stereocenters. The highest BCUT2D eigenvalue weighted by molar-refractivity contribution is 8.77. The van der Waals surface area contributed by atoms with E-state index in [1.165, 1.54) is 191 Å². The number of carbonyl (C=O) groups is 4. The van der Waals surface area contributed by atoms with E-state index in [4.69, 9.17) is 28.8 Å². The van der Waals surface area contributed by atoms with Crippen LogP contribution in [0.25, 0.3) is 0 Å². The highest BCUT2D eigenvalue weighted by atomic mass is 33.1. The number of unbranched alkanes of at least 4 members (excludes halogenated alkanes) is 28. The van der Waals surface area contributed by atoms with Crippen LogP contribution < -0.4 is 0 Å². The maximum atomic E-state index is 12.7. The van der Waals surface area contributed by atoms with Crippen LogP contribution in [0.5, 0.6) is 0 Å². The van der Waals surface area contributed by atoms with E-state index in [0.717, 1.165) is 139 Å². The number of esters is 3. The summed E-state index contributed by atoms with van der Waals surface area (Å²) in [6, 6.07) is 0. The summed E-state index contributed by atoms with van der Waals surface area (Å²) in [5.74, 6) is 1.06. The van der Waals surface area contributed by atoms with E-state index in [-0.39, 0.29) is 44.3 Å². The number of ether oxygens (including phenoxy) is 5. The molecule has 2 saturated heterocycles. The highest BCUT2D eigenvalue weighted by Gasteiger charge is 2.20. The molecular formula is C98H166O11S4. The molecule has 2 rings (SSSR count). The molecule has 0 aliphatic carbocycles. The van der Waals surface area contributed by atoms with E-state index in [9.17, 15) is 24.3 Å². The largest absolute Gasteiger partial charge is 0.481 e. The average Bonchev–Trinajstić information content (AvgIpc) is 1.84. The van der Waals surface area contributed by atoms with Gasteiger partial charge in [0, 0.05) is 60.9 Å². The van der Waals surface area contributed by atoms with Crippen molar-refractivity contribution in [1.29, 1.82) is 0 Å². The number of aliphatic carboxylic acids is 1. The van der Waals surface area contributed by atoms with Gasteiger partial charge in [0.15, 0.2) is 6.10 Å². The van der Waals surface area contributed by atoms with Gasteiger partial charge >= 0.3 is 23.9 Å². The summed E-state index contributed by atoms with van der Waals surface area (Å²) in [6.07, 6.45) is 111. The Morgan fingerprint density at radius 2 is 0.619 bits per heavy atom. The van der Waals surface area contributed by atoms with Gasteiger partial charge in [0.05, 0.1) is 19.8 Å². The third-order valence-corrected chi connectivity index (χ3v) is 25.1. The SMILES string of the molecule is CC/C=C\C/C=C\C/C=C\C/C=C\C/C=C\C/C=C\CCC(=O)OC(CO)COCCCCCCCCCCCCCCCC.CC/C=C\C/C=C\C/C=C\C/C=C\C/C=C\C/C=C\CCC(=O)OC(COCCCCCCCCCCCCCCCC)COC(=O)CCCC[C@@H]1CCSS1.O=C(O)CCCC[C@@H]1CCSS1. The molecule has 0 aromatic rings. The Balaban J connectivity index is 0.00000196. The molecule has 15 heteroatoms. The minimum atomic E-state index is -0.663. The van der Waals surface area contributed by atoms with Crippen LogP contribution in [0.1, 0.15) is 374 Å². The van der Waals surface area contributed by atoms with Crippen molar-refractivity contribution >= 4 is 67.1 Å². The lowest BCUT2D eigenvalue weighted by molar-refractivity contribution is -0.162. The van der Waals surface area contributed by atoms with Crippen LogP contribution in [0, 0.1) is 0 Å². The van der Waals surface area contributed by atoms with Gasteiger partial charge in [0.2, 0.25) is 0 Å². The van der Waals surface area contributed by atoms with Crippen molar-refractivity contribution in [1.82, 2.24) is 0 Å². The molecule has 0 amide bonds. The molecule has 2 aliphatic rings. The number of carboxylic acids is 1. The van der Waals surface area contributed by atoms with Gasteiger partial charge in [-0.1, -0.05) is 396 Å². The Kier molecular flexibility index (Phi) is 90.3. The third kappa shape index (κ3) is 88.7. The first-order valence-corrected chi connectivity index (χ1v) is 50.3. The minimum Gasteiger partial charge on any atom is -0.481 e. The number of aliphatic hydroxyl groups excluding tert-OH is 1. The molecular weight excluding hydrogens is 1480 g/mol. The lowest BCUT2D eigenvalue weighted by Gasteiger charge is -2.18. The fourth-order valence-electron chi connectivity index (χ4n) is 12.3. The van der Waals surface area contributed by atoms with Gasteiger partial charge in [-0.15, -0.1) is 0 Å². The molecule has 11 nitrogen and oxygen atoms in total. The van der Waals surface area contributed by atoms with E-state index < -0.39 is 18.2 Å². The molecule has 113 heavy (non-hydrogen) atoms. The average molecular weight is 1650 g/mol. The van der Waals surface area contributed by atoms with Crippen LogP contribution in [0.3, 0.4) is 0 Å². The molecule has 0 bridgehead atoms. The smallest absolute Gasteiger partial charge is 0.306 e. The van der Waals surface area contributed by atoms with Gasteiger partial charge < -0.3 is 33.9 Å². The third-order valence-electron chi connectivity index (χ3n) is 19.1. The summed E-state index contributed by atoms with van der Waals surface area (Å²) in [4.78, 5) is 47.5. The van der Waals surface area contributed by atoms with E-state index >= 15 is 0 Å². The van der Waals surface area contributed by atoms with Crippen molar-refractivity contribution in [3.8, 4) is 0 Å². The van der Waals surface area contributed by atoms with Crippen LogP contribution in [0.15, 0.2) is 146 Å². The zero-order valence-corrected chi connectivity index (χ0v) is 75.5. The number of hydrogen-bond donors (Lipinski definition) is 2. The molecule has 2 aliphatic heterocycles. The van der Waals surface area contributed by atoms with E-state index in [1.807, 2.05) is 55.3 Å². The molecule has 648 valence electrons. The molecule has 0 aromatic carbocycles. The highest BCUT2D eigenvalue weighted by Crippen LogP contribution is 2.41. The summed E-state index contributed by atoms with van der Waals surface area (Å²) in [5.41, 5.74) is 0. The number of aliphatic hydroxyl groups is 1. The van der Waals surface area contributed by atoms with Gasteiger partial charge in [0.25, 0.3) is 0 Å². The zero-order chi connectivity index (χ0) is 81.8. The molecule has 2 N–H and O–H groups in total. The van der Waals surface area contributed by atoms with Crippen molar-refractivity contribution < 1.29 is 53.1 Å². The van der Waals surface area contributed by atoms with Crippen LogP contribution in [0.4, 0.5) is 0 Å². The summed E-state index contributed by atoms with van der Waals surface area (Å²) in [5, 5.41) is 19.5. The van der Waals surface area contributed by atoms with E-state index in [2.05, 4.69) is 161 Å². The first-order chi connectivity index (χ1) is 55.7. The van der Waals surface area contributed by atoms with E-state index in [0.29, 0.717) is 51.7 Å². The fraction of sp³-hybridized carbons (Fsp3) is 0.714. The van der Waals surface area contributed by atoms with Gasteiger partial charge in [0.1, 0.15) is 12.7 Å². The second kappa shape index (κ2) is 93.5. The fourth-order valence-corrected chi connectivity index (χ4v) is 18.4. The Bertz CT molecular complexity index is 2470. The molecule has 0 aromatic heterocycles. The van der Waals surface area contributed by atoms with E-state index in [1.54, 1.807) is 0 Å². The van der Waals surface area contributed by atoms with Crippen molar-refractivity contribution in [2.75, 3.05) is 51.1 Å². The number of rotatable bonds is 77. The van der Waals surface area contributed by atoms with Crippen LogP contribution in [0.2, 0.25) is 0 Å². The summed E-state index contributed by atoms with van der Waals surface area (Å²) < 4.78 is 28.3. The van der Waals surface area contributed by atoms with Crippen molar-refractivity contribution in [3.63, 3.8) is 0 Å². The van der Waals surface area contributed by atoms with Crippen molar-refractivity contribution in [3.05, 3.63) is 146 Å². The van der Waals surface area contributed by atoms with Crippen molar-refractivity contribution in [2.24, 2.45) is 0 Å². The minimum absolute atomic E-state index is 0.0539. The zero-order valence-electron chi connectivity index (χ0n) is 72.2. The molecule has 2 heterocycles. The van der Waals surface area contributed by atoms with Crippen LogP contribution in [-0.2, 0) is 42.9 Å². The quantitative estimate of drug-likeness (QED) is 0.0195. The predicted molar refractivity (Wildman–Crippen MR) is 496 cm³/mol. The molecule has 0 radical (unpaired) electrons. The summed E-state index contributed by atoms with van der Waals surface area (Å²) in [6.45, 7) is 10.5. The molecule has 2 unspecified atom stereocenters. The first kappa shape index (κ1) is 109. The molecule has 2 fully saturated rings. The first-order valence-electron chi connectivity index (χ1n) is 45.6. The second-order valence-electron chi connectivity index (χ2n) is 29.9.